The lowest BCUT2D eigenvalue weighted by atomic mass is 9.58. The van der Waals surface area contributed by atoms with Gasteiger partial charge in [0.05, 0.1) is 23.4 Å². The summed E-state index contributed by atoms with van der Waals surface area (Å²) in [4.78, 5) is 13.4. The van der Waals surface area contributed by atoms with Gasteiger partial charge in [0.15, 0.2) is 5.41 Å². The highest BCUT2D eigenvalue weighted by Crippen LogP contribution is 2.54. The molecule has 0 saturated heterocycles. The van der Waals surface area contributed by atoms with Gasteiger partial charge in [-0.2, -0.15) is 15.8 Å². The van der Waals surface area contributed by atoms with E-state index in [9.17, 15) is 29.4 Å². The first-order valence-electron chi connectivity index (χ1n) is 8.44. The van der Waals surface area contributed by atoms with Gasteiger partial charge in [-0.15, -0.1) is 0 Å². The topological polar surface area (TPSA) is 118 Å². The van der Waals surface area contributed by atoms with Crippen molar-refractivity contribution in [3.05, 3.63) is 58.3 Å². The summed E-state index contributed by atoms with van der Waals surface area (Å²) < 4.78 is 28.1. The van der Waals surface area contributed by atoms with Gasteiger partial charge in [-0.05, 0) is 17.2 Å². The highest BCUT2D eigenvalue weighted by molar-refractivity contribution is 5.74. The summed E-state index contributed by atoms with van der Waals surface area (Å²) in [6.07, 6.45) is 1.63. The number of halogens is 2. The van der Waals surface area contributed by atoms with Crippen molar-refractivity contribution in [3.63, 3.8) is 0 Å². The predicted molar refractivity (Wildman–Crippen MR) is 93.4 cm³/mol. The Balaban J connectivity index is 2.35. The minimum atomic E-state index is -2.04. The Morgan fingerprint density at radius 2 is 1.96 bits per heavy atom. The van der Waals surface area contributed by atoms with E-state index >= 15 is 0 Å². The van der Waals surface area contributed by atoms with Crippen LogP contribution in [0.3, 0.4) is 0 Å². The number of nitrogens with two attached hydrogens (primary N) is 1. The molecule has 8 heteroatoms. The van der Waals surface area contributed by atoms with Crippen molar-refractivity contribution in [1.29, 1.82) is 15.8 Å². The largest absolute Gasteiger partial charge is 0.399 e. The quantitative estimate of drug-likeness (QED) is 0.803. The number of fused-ring (bicyclic) bond motifs is 1. The maximum atomic E-state index is 14.7. The molecule has 140 valence electrons. The van der Waals surface area contributed by atoms with Crippen LogP contribution in [0.4, 0.5) is 8.78 Å². The lowest BCUT2D eigenvalue weighted by molar-refractivity contribution is -0.129. The second-order valence-electron chi connectivity index (χ2n) is 6.77. The molecule has 0 radical (unpaired) electrons. The minimum Gasteiger partial charge on any atom is -0.399 e. The van der Waals surface area contributed by atoms with Crippen molar-refractivity contribution < 1.29 is 13.6 Å². The molecule has 2 atom stereocenters. The third-order valence-corrected chi connectivity index (χ3v) is 5.41. The highest BCUT2D eigenvalue weighted by Gasteiger charge is 2.55. The van der Waals surface area contributed by atoms with E-state index in [2.05, 4.69) is 0 Å². The first kappa shape index (κ1) is 19.1. The fourth-order valence-electron chi connectivity index (χ4n) is 4.03. The second-order valence-corrected chi connectivity index (χ2v) is 6.77. The van der Waals surface area contributed by atoms with Gasteiger partial charge in [-0.1, -0.05) is 12.1 Å². The number of nitrogens with zero attached hydrogens (tertiary/aromatic N) is 4. The number of carbonyl (C=O) groups is 1. The van der Waals surface area contributed by atoms with Crippen molar-refractivity contribution in [1.82, 2.24) is 4.90 Å². The summed E-state index contributed by atoms with van der Waals surface area (Å²) >= 11 is 0. The van der Waals surface area contributed by atoms with Crippen LogP contribution in [-0.4, -0.2) is 23.9 Å². The molecule has 1 amide bonds. The Morgan fingerprint density at radius 1 is 1.29 bits per heavy atom. The monoisotopic (exact) mass is 379 g/mol. The highest BCUT2D eigenvalue weighted by atomic mass is 19.1. The van der Waals surface area contributed by atoms with Crippen molar-refractivity contribution >= 4 is 5.91 Å². The molecule has 1 aliphatic carbocycles. The molecule has 6 nitrogen and oxygen atoms in total. The number of hydrogen-bond donors (Lipinski definition) is 1. The lowest BCUT2D eigenvalue weighted by Gasteiger charge is -2.45. The number of benzene rings is 1. The predicted octanol–water partition coefficient (Wildman–Crippen LogP) is 2.24. The summed E-state index contributed by atoms with van der Waals surface area (Å²) in [7, 11) is 0. The average Bonchev–Trinajstić information content (AvgIpc) is 2.67. The molecule has 1 aliphatic heterocycles. The van der Waals surface area contributed by atoms with Gasteiger partial charge in [0, 0.05) is 37.9 Å². The minimum absolute atomic E-state index is 0.00456. The summed E-state index contributed by atoms with van der Waals surface area (Å²) in [6, 6.07) is 8.55. The number of carbonyl (C=O) groups excluding carboxylic acids is 1. The van der Waals surface area contributed by atoms with Crippen LogP contribution in [0.2, 0.25) is 0 Å². The van der Waals surface area contributed by atoms with E-state index in [0.29, 0.717) is 11.6 Å². The van der Waals surface area contributed by atoms with Crippen LogP contribution >= 0.6 is 0 Å². The molecule has 0 bridgehead atoms. The third-order valence-electron chi connectivity index (χ3n) is 5.41. The van der Waals surface area contributed by atoms with Gasteiger partial charge in [-0.3, -0.25) is 4.79 Å². The van der Waals surface area contributed by atoms with Gasteiger partial charge >= 0.3 is 0 Å². The standard InChI is InChI=1S/C20H15F2N5O/c1-11(28)27-5-4-13-15(7-23)19(26)20(9-24,10-25)18(16(13)8-27)14-3-2-12(21)6-17(14)22/h2-4,6,16,18H,5,8,26H2,1H3/t16-,18+/m1/s1. The average molecular weight is 379 g/mol. The van der Waals surface area contributed by atoms with Crippen molar-refractivity contribution in [2.24, 2.45) is 17.1 Å². The molecule has 2 aliphatic rings. The number of amides is 1. The normalized spacial score (nSPS) is 23.0. The summed E-state index contributed by atoms with van der Waals surface area (Å²) in [5.74, 6) is -3.81. The van der Waals surface area contributed by atoms with Gasteiger partial charge in [0.1, 0.15) is 17.7 Å². The molecule has 28 heavy (non-hydrogen) atoms. The number of nitriles is 3. The third kappa shape index (κ3) is 2.61. The molecule has 1 aromatic carbocycles. The second kappa shape index (κ2) is 6.79. The van der Waals surface area contributed by atoms with Crippen LogP contribution < -0.4 is 5.73 Å². The molecular weight excluding hydrogens is 364 g/mol. The Labute approximate surface area is 160 Å². The van der Waals surface area contributed by atoms with Crippen LogP contribution in [0.5, 0.6) is 0 Å². The van der Waals surface area contributed by atoms with Gasteiger partial charge in [0.25, 0.3) is 0 Å². The van der Waals surface area contributed by atoms with Crippen LogP contribution in [0.1, 0.15) is 18.4 Å². The van der Waals surface area contributed by atoms with Crippen molar-refractivity contribution in [3.8, 4) is 18.2 Å². The van der Waals surface area contributed by atoms with Crippen molar-refractivity contribution in [2.45, 2.75) is 12.8 Å². The molecule has 0 aromatic heterocycles. The number of rotatable bonds is 1. The molecule has 1 aromatic rings. The SMILES string of the molecule is CC(=O)N1CC=C2C(C#N)=C(N)C(C#N)(C#N)[C@@H](c3ccc(F)cc3F)[C@@H]2C1. The zero-order valence-electron chi connectivity index (χ0n) is 14.9. The number of hydrogen-bond acceptors (Lipinski definition) is 5. The van der Waals surface area contributed by atoms with E-state index < -0.39 is 28.9 Å². The van der Waals surface area contributed by atoms with Gasteiger partial charge < -0.3 is 10.6 Å². The smallest absolute Gasteiger partial charge is 0.219 e. The van der Waals surface area contributed by atoms with Crippen LogP contribution in [0, 0.1) is 57.0 Å². The molecule has 2 N–H and O–H groups in total. The maximum absolute atomic E-state index is 14.7. The van der Waals surface area contributed by atoms with Crippen LogP contribution in [-0.2, 0) is 4.79 Å². The maximum Gasteiger partial charge on any atom is 0.219 e. The molecule has 0 spiro atoms. The fourth-order valence-corrected chi connectivity index (χ4v) is 4.03. The van der Waals surface area contributed by atoms with E-state index in [1.165, 1.54) is 17.9 Å². The number of allylic oxidation sites excluding steroid dienone is 2. The Kier molecular flexibility index (Phi) is 4.63. The summed E-state index contributed by atoms with van der Waals surface area (Å²) in [5, 5.41) is 29.3. The molecule has 0 unspecified atom stereocenters. The summed E-state index contributed by atoms with van der Waals surface area (Å²) in [6.45, 7) is 1.67. The van der Waals surface area contributed by atoms with Gasteiger partial charge in [0.2, 0.25) is 5.91 Å². The molecular formula is C20H15F2N5O. The van der Waals surface area contributed by atoms with Crippen LogP contribution in [0.15, 0.2) is 41.1 Å². The van der Waals surface area contributed by atoms with Crippen LogP contribution in [0.25, 0.3) is 0 Å². The zero-order chi connectivity index (χ0) is 20.6. The first-order valence-corrected chi connectivity index (χ1v) is 8.44. The molecule has 1 heterocycles. The van der Waals surface area contributed by atoms with Crippen molar-refractivity contribution in [2.75, 3.05) is 13.1 Å². The van der Waals surface area contributed by atoms with E-state index in [1.54, 1.807) is 6.08 Å². The molecule has 0 fully saturated rings. The first-order chi connectivity index (χ1) is 13.3. The van der Waals surface area contributed by atoms with E-state index in [0.717, 1.165) is 6.07 Å². The van der Waals surface area contributed by atoms with E-state index in [1.807, 2.05) is 18.2 Å². The van der Waals surface area contributed by atoms with E-state index in [-0.39, 0.29) is 35.8 Å². The fraction of sp³-hybridized carbons (Fsp3) is 0.300. The van der Waals surface area contributed by atoms with Gasteiger partial charge in [-0.25, -0.2) is 8.78 Å². The van der Waals surface area contributed by atoms with E-state index in [4.69, 9.17) is 5.73 Å². The Hall–Kier alpha value is -3.70. The zero-order valence-corrected chi connectivity index (χ0v) is 14.9. The lowest BCUT2D eigenvalue weighted by Crippen LogP contribution is -2.49. The molecule has 3 rings (SSSR count). The Bertz CT molecular complexity index is 1040. The Morgan fingerprint density at radius 3 is 2.50 bits per heavy atom. The molecule has 0 saturated carbocycles. The summed E-state index contributed by atoms with van der Waals surface area (Å²) in [5.41, 5.74) is 4.20.